The zero-order chi connectivity index (χ0) is 16.5. The van der Waals surface area contributed by atoms with E-state index in [0.29, 0.717) is 6.42 Å². The predicted molar refractivity (Wildman–Crippen MR) is 93.6 cm³/mol. The summed E-state index contributed by atoms with van der Waals surface area (Å²) in [5.41, 5.74) is 7.05. The van der Waals surface area contributed by atoms with Gasteiger partial charge in [0.25, 0.3) is 0 Å². The molecule has 128 valence electrons. The lowest BCUT2D eigenvalue weighted by molar-refractivity contribution is -0.132. The fourth-order valence-corrected chi connectivity index (χ4v) is 2.89. The number of hydrogen-bond acceptors (Lipinski definition) is 3. The minimum Gasteiger partial charge on any atom is -0.494 e. The summed E-state index contributed by atoms with van der Waals surface area (Å²) in [7, 11) is 0. The van der Waals surface area contributed by atoms with E-state index in [9.17, 15) is 4.79 Å². The van der Waals surface area contributed by atoms with Gasteiger partial charge in [0.15, 0.2) is 0 Å². The molecule has 1 aliphatic heterocycles. The molecule has 1 heterocycles. The van der Waals surface area contributed by atoms with Gasteiger partial charge in [-0.05, 0) is 43.4 Å². The Labute approximate surface area is 140 Å². The van der Waals surface area contributed by atoms with Gasteiger partial charge in [-0.3, -0.25) is 4.79 Å². The second-order valence-electron chi connectivity index (χ2n) is 6.42. The Bertz CT molecular complexity index is 482. The maximum atomic E-state index is 12.3. The largest absolute Gasteiger partial charge is 0.494 e. The molecule has 0 bridgehead atoms. The average molecular weight is 318 g/mol. The topological polar surface area (TPSA) is 55.6 Å². The van der Waals surface area contributed by atoms with Crippen LogP contribution in [0.4, 0.5) is 0 Å². The molecule has 0 aliphatic carbocycles. The van der Waals surface area contributed by atoms with Crippen LogP contribution in [0.15, 0.2) is 24.3 Å². The summed E-state index contributed by atoms with van der Waals surface area (Å²) >= 11 is 0. The van der Waals surface area contributed by atoms with Crippen molar-refractivity contribution < 1.29 is 9.53 Å². The summed E-state index contributed by atoms with van der Waals surface area (Å²) in [6.45, 7) is 4.57. The highest BCUT2D eigenvalue weighted by molar-refractivity contribution is 5.76. The minimum absolute atomic E-state index is 0.242. The van der Waals surface area contributed by atoms with Crippen molar-refractivity contribution in [1.82, 2.24) is 4.90 Å². The number of hydrogen-bond donors (Lipinski definition) is 1. The Hall–Kier alpha value is -1.55. The zero-order valence-corrected chi connectivity index (χ0v) is 14.3. The van der Waals surface area contributed by atoms with Crippen LogP contribution in [0, 0.1) is 0 Å². The third kappa shape index (κ3) is 6.22. The highest BCUT2D eigenvalue weighted by atomic mass is 16.5. The number of carbonyl (C=O) groups is 1. The van der Waals surface area contributed by atoms with Gasteiger partial charge in [-0.15, -0.1) is 0 Å². The number of amides is 1. The summed E-state index contributed by atoms with van der Waals surface area (Å²) in [6, 6.07) is 8.39. The predicted octanol–water partition coefficient (Wildman–Crippen LogP) is 3.14. The molecule has 1 aromatic rings. The normalized spacial score (nSPS) is 15.7. The molecule has 4 nitrogen and oxygen atoms in total. The molecule has 2 N–H and O–H groups in total. The van der Waals surface area contributed by atoms with Crippen molar-refractivity contribution in [3.63, 3.8) is 0 Å². The lowest BCUT2D eigenvalue weighted by atomic mass is 10.0. The molecular formula is C19H30N2O2. The van der Waals surface area contributed by atoms with Crippen LogP contribution in [-0.2, 0) is 11.2 Å². The van der Waals surface area contributed by atoms with Crippen LogP contribution in [0.25, 0.3) is 0 Å². The zero-order valence-electron chi connectivity index (χ0n) is 14.3. The lowest BCUT2D eigenvalue weighted by Gasteiger charge is -2.30. The number of nitrogens with two attached hydrogens (primary N) is 1. The van der Waals surface area contributed by atoms with Crippen molar-refractivity contribution in [1.29, 1.82) is 0 Å². The first-order valence-electron chi connectivity index (χ1n) is 8.94. The smallest absolute Gasteiger partial charge is 0.222 e. The highest BCUT2D eigenvalue weighted by Gasteiger charge is 2.20. The van der Waals surface area contributed by atoms with Crippen LogP contribution < -0.4 is 10.5 Å². The number of piperidine rings is 1. The van der Waals surface area contributed by atoms with Gasteiger partial charge in [-0.2, -0.15) is 0 Å². The SMILES string of the molecule is CCCCCOc1cccc(CCC(=O)N2CCC(N)CC2)c1. The van der Waals surface area contributed by atoms with Crippen molar-refractivity contribution in [3.05, 3.63) is 29.8 Å². The van der Waals surface area contributed by atoms with E-state index in [1.807, 2.05) is 17.0 Å². The van der Waals surface area contributed by atoms with Crippen molar-refractivity contribution in [2.45, 2.75) is 57.9 Å². The molecule has 1 aliphatic rings. The molecule has 0 aromatic heterocycles. The van der Waals surface area contributed by atoms with Crippen molar-refractivity contribution in [3.8, 4) is 5.75 Å². The van der Waals surface area contributed by atoms with Crippen LogP contribution >= 0.6 is 0 Å². The number of rotatable bonds is 8. The standard InChI is InChI=1S/C19H30N2O2/c1-2-3-4-14-23-18-7-5-6-16(15-18)8-9-19(22)21-12-10-17(20)11-13-21/h5-7,15,17H,2-4,8-14,20H2,1H3. The average Bonchev–Trinajstić information content (AvgIpc) is 2.58. The van der Waals surface area contributed by atoms with E-state index >= 15 is 0 Å². The van der Waals surface area contributed by atoms with Crippen molar-refractivity contribution in [2.24, 2.45) is 5.73 Å². The van der Waals surface area contributed by atoms with E-state index in [1.165, 1.54) is 18.4 Å². The first-order chi connectivity index (χ1) is 11.2. The van der Waals surface area contributed by atoms with E-state index in [2.05, 4.69) is 19.1 Å². The summed E-state index contributed by atoms with van der Waals surface area (Å²) in [6.07, 6.45) is 6.68. The molecule has 2 rings (SSSR count). The summed E-state index contributed by atoms with van der Waals surface area (Å²) in [4.78, 5) is 14.2. The Morgan fingerprint density at radius 3 is 2.83 bits per heavy atom. The van der Waals surface area contributed by atoms with E-state index in [1.54, 1.807) is 0 Å². The van der Waals surface area contributed by atoms with Gasteiger partial charge in [0.1, 0.15) is 5.75 Å². The quantitative estimate of drug-likeness (QED) is 0.749. The molecule has 1 amide bonds. The maximum Gasteiger partial charge on any atom is 0.222 e. The number of nitrogens with zero attached hydrogens (tertiary/aromatic N) is 1. The van der Waals surface area contributed by atoms with Gasteiger partial charge in [0, 0.05) is 25.6 Å². The van der Waals surface area contributed by atoms with Gasteiger partial charge in [-0.25, -0.2) is 0 Å². The molecule has 0 saturated carbocycles. The van der Waals surface area contributed by atoms with Crippen LogP contribution in [0.2, 0.25) is 0 Å². The monoisotopic (exact) mass is 318 g/mol. The number of unbranched alkanes of at least 4 members (excludes halogenated alkanes) is 2. The number of ether oxygens (including phenoxy) is 1. The van der Waals surface area contributed by atoms with Crippen LogP contribution in [-0.4, -0.2) is 36.5 Å². The maximum absolute atomic E-state index is 12.3. The van der Waals surface area contributed by atoms with E-state index in [-0.39, 0.29) is 11.9 Å². The number of aryl methyl sites for hydroxylation is 1. The molecule has 0 radical (unpaired) electrons. The molecule has 1 aromatic carbocycles. The first-order valence-corrected chi connectivity index (χ1v) is 8.94. The fraction of sp³-hybridized carbons (Fsp3) is 0.632. The number of benzene rings is 1. The lowest BCUT2D eigenvalue weighted by Crippen LogP contribution is -2.42. The number of carbonyl (C=O) groups excluding carboxylic acids is 1. The van der Waals surface area contributed by atoms with E-state index in [0.717, 1.165) is 51.1 Å². The van der Waals surface area contributed by atoms with Crippen LogP contribution in [0.1, 0.15) is 51.0 Å². The minimum atomic E-state index is 0.242. The second-order valence-corrected chi connectivity index (χ2v) is 6.42. The van der Waals surface area contributed by atoms with Crippen LogP contribution in [0.3, 0.4) is 0 Å². The molecule has 1 saturated heterocycles. The molecular weight excluding hydrogens is 288 g/mol. The summed E-state index contributed by atoms with van der Waals surface area (Å²) < 4.78 is 5.77. The van der Waals surface area contributed by atoms with Gasteiger partial charge in [-0.1, -0.05) is 31.9 Å². The molecule has 0 atom stereocenters. The Balaban J connectivity index is 1.75. The van der Waals surface area contributed by atoms with Gasteiger partial charge >= 0.3 is 0 Å². The third-order valence-electron chi connectivity index (χ3n) is 4.43. The highest BCUT2D eigenvalue weighted by Crippen LogP contribution is 2.16. The molecule has 0 spiro atoms. The second kappa shape index (κ2) is 9.56. The third-order valence-corrected chi connectivity index (χ3v) is 4.43. The summed E-state index contributed by atoms with van der Waals surface area (Å²) in [5.74, 6) is 1.15. The van der Waals surface area contributed by atoms with Crippen molar-refractivity contribution >= 4 is 5.91 Å². The van der Waals surface area contributed by atoms with Gasteiger partial charge in [0.2, 0.25) is 5.91 Å². The molecule has 1 fully saturated rings. The summed E-state index contributed by atoms with van der Waals surface area (Å²) in [5, 5.41) is 0. The Morgan fingerprint density at radius 1 is 1.30 bits per heavy atom. The van der Waals surface area contributed by atoms with Gasteiger partial charge in [0.05, 0.1) is 6.61 Å². The Kier molecular flexibility index (Phi) is 7.40. The van der Waals surface area contributed by atoms with E-state index in [4.69, 9.17) is 10.5 Å². The molecule has 23 heavy (non-hydrogen) atoms. The number of likely N-dealkylation sites (tertiary alicyclic amines) is 1. The molecule has 0 unspecified atom stereocenters. The van der Waals surface area contributed by atoms with Crippen molar-refractivity contribution in [2.75, 3.05) is 19.7 Å². The first kappa shape index (κ1) is 17.8. The van der Waals surface area contributed by atoms with Crippen LogP contribution in [0.5, 0.6) is 5.75 Å². The van der Waals surface area contributed by atoms with Gasteiger partial charge < -0.3 is 15.4 Å². The Morgan fingerprint density at radius 2 is 2.09 bits per heavy atom. The van der Waals surface area contributed by atoms with E-state index < -0.39 is 0 Å². The fourth-order valence-electron chi connectivity index (χ4n) is 2.89. The molecule has 4 heteroatoms.